The molecule has 4 rings (SSSR count). The number of aromatic nitrogens is 1. The molecule has 168 valence electrons. The molecule has 2 N–H and O–H groups in total. The zero-order valence-electron chi connectivity index (χ0n) is 18.5. The zero-order valence-corrected chi connectivity index (χ0v) is 19.4. The maximum atomic E-state index is 5.56. The van der Waals surface area contributed by atoms with E-state index in [0.717, 1.165) is 62.2 Å². The minimum atomic E-state index is 0.315. The number of benzene rings is 1. The first-order valence-corrected chi connectivity index (χ1v) is 12.1. The molecule has 1 fully saturated rings. The van der Waals surface area contributed by atoms with Crippen LogP contribution in [0.1, 0.15) is 23.4 Å². The van der Waals surface area contributed by atoms with Crippen molar-refractivity contribution in [2.75, 3.05) is 39.4 Å². The first-order valence-electron chi connectivity index (χ1n) is 11.2. The molecule has 1 saturated heterocycles. The first-order chi connectivity index (χ1) is 15.8. The van der Waals surface area contributed by atoms with E-state index >= 15 is 0 Å². The number of pyridine rings is 1. The standard InChI is InChI=1S/C25H31N5OS/c1-2-26-25(28-18-20-7-5-8-21(17-20)22-9-3-4-11-27-22)29-19-23(24-10-6-16-32-24)30-12-14-31-15-13-30/h3-11,16-17,23H,2,12-15,18-19H2,1H3,(H2,26,28,29). The van der Waals surface area contributed by atoms with Gasteiger partial charge in [0.05, 0.1) is 31.5 Å². The molecule has 0 saturated carbocycles. The van der Waals surface area contributed by atoms with Crippen LogP contribution in [0.4, 0.5) is 0 Å². The molecule has 0 bridgehead atoms. The number of ether oxygens (including phenoxy) is 1. The van der Waals surface area contributed by atoms with Crippen molar-refractivity contribution in [3.63, 3.8) is 0 Å². The molecule has 0 amide bonds. The number of guanidine groups is 1. The number of aliphatic imine (C=N–C) groups is 1. The molecule has 7 heteroatoms. The van der Waals surface area contributed by atoms with Crippen LogP contribution in [0.5, 0.6) is 0 Å². The van der Waals surface area contributed by atoms with Crippen LogP contribution in [-0.4, -0.2) is 55.2 Å². The molecule has 0 radical (unpaired) electrons. The summed E-state index contributed by atoms with van der Waals surface area (Å²) in [5.74, 6) is 0.838. The molecule has 1 aliphatic rings. The molecule has 1 unspecified atom stereocenters. The fraction of sp³-hybridized carbons (Fsp3) is 0.360. The molecule has 0 spiro atoms. The number of nitrogens with zero attached hydrogens (tertiary/aromatic N) is 3. The topological polar surface area (TPSA) is 61.8 Å². The maximum absolute atomic E-state index is 5.56. The lowest BCUT2D eigenvalue weighted by atomic mass is 10.1. The summed E-state index contributed by atoms with van der Waals surface area (Å²) in [4.78, 5) is 13.2. The van der Waals surface area contributed by atoms with Gasteiger partial charge in [-0.05, 0) is 42.1 Å². The Labute approximate surface area is 194 Å². The molecular formula is C25H31N5OS. The summed E-state index contributed by atoms with van der Waals surface area (Å²) in [7, 11) is 0. The van der Waals surface area contributed by atoms with Gasteiger partial charge in [-0.15, -0.1) is 11.3 Å². The number of morpholine rings is 1. The van der Waals surface area contributed by atoms with Gasteiger partial charge in [-0.1, -0.05) is 30.3 Å². The van der Waals surface area contributed by atoms with Crippen LogP contribution >= 0.6 is 11.3 Å². The van der Waals surface area contributed by atoms with Gasteiger partial charge in [0.2, 0.25) is 0 Å². The summed E-state index contributed by atoms with van der Waals surface area (Å²) in [6.07, 6.45) is 1.83. The molecule has 1 aliphatic heterocycles. The molecule has 3 heterocycles. The van der Waals surface area contributed by atoms with Crippen LogP contribution in [0.25, 0.3) is 11.3 Å². The number of hydrogen-bond acceptors (Lipinski definition) is 5. The summed E-state index contributed by atoms with van der Waals surface area (Å²) in [5, 5.41) is 9.11. The van der Waals surface area contributed by atoms with Gasteiger partial charge in [0.1, 0.15) is 0 Å². The molecule has 3 aromatic rings. The van der Waals surface area contributed by atoms with Crippen molar-refractivity contribution in [2.45, 2.75) is 19.5 Å². The molecule has 2 aromatic heterocycles. The van der Waals surface area contributed by atoms with Gasteiger partial charge < -0.3 is 15.4 Å². The summed E-state index contributed by atoms with van der Waals surface area (Å²) in [6, 6.07) is 19.1. The number of thiophene rings is 1. The molecule has 0 aliphatic carbocycles. The Kier molecular flexibility index (Phi) is 8.25. The van der Waals surface area contributed by atoms with E-state index < -0.39 is 0 Å². The van der Waals surface area contributed by atoms with Gasteiger partial charge >= 0.3 is 0 Å². The van der Waals surface area contributed by atoms with Gasteiger partial charge in [0, 0.05) is 42.8 Å². The highest BCUT2D eigenvalue weighted by Crippen LogP contribution is 2.25. The first kappa shape index (κ1) is 22.5. The Morgan fingerprint density at radius 3 is 2.78 bits per heavy atom. The van der Waals surface area contributed by atoms with Crippen molar-refractivity contribution >= 4 is 17.3 Å². The van der Waals surface area contributed by atoms with Crippen LogP contribution in [0, 0.1) is 0 Å². The van der Waals surface area contributed by atoms with Crippen LogP contribution in [0.3, 0.4) is 0 Å². The quantitative estimate of drug-likeness (QED) is 0.403. The second-order valence-corrected chi connectivity index (χ2v) is 8.65. The van der Waals surface area contributed by atoms with E-state index in [1.165, 1.54) is 4.88 Å². The van der Waals surface area contributed by atoms with Crippen LogP contribution in [-0.2, 0) is 11.3 Å². The summed E-state index contributed by atoms with van der Waals surface area (Å²) < 4.78 is 5.56. The molecule has 1 aromatic carbocycles. The lowest BCUT2D eigenvalue weighted by molar-refractivity contribution is 0.0177. The second-order valence-electron chi connectivity index (χ2n) is 7.67. The van der Waals surface area contributed by atoms with Crippen molar-refractivity contribution in [1.82, 2.24) is 20.5 Å². The summed E-state index contributed by atoms with van der Waals surface area (Å²) in [6.45, 7) is 7.83. The van der Waals surface area contributed by atoms with Crippen molar-refractivity contribution < 1.29 is 4.74 Å². The van der Waals surface area contributed by atoms with E-state index in [1.54, 1.807) is 0 Å². The van der Waals surface area contributed by atoms with E-state index in [0.29, 0.717) is 12.6 Å². The van der Waals surface area contributed by atoms with Crippen LogP contribution in [0.2, 0.25) is 0 Å². The maximum Gasteiger partial charge on any atom is 0.191 e. The molecule has 6 nitrogen and oxygen atoms in total. The molecular weight excluding hydrogens is 418 g/mol. The number of hydrogen-bond donors (Lipinski definition) is 2. The fourth-order valence-corrected chi connectivity index (χ4v) is 4.71. The lowest BCUT2D eigenvalue weighted by Crippen LogP contribution is -2.46. The van der Waals surface area contributed by atoms with E-state index in [9.17, 15) is 0 Å². The monoisotopic (exact) mass is 449 g/mol. The van der Waals surface area contributed by atoms with Gasteiger partial charge in [-0.3, -0.25) is 9.88 Å². The zero-order chi connectivity index (χ0) is 22.0. The van der Waals surface area contributed by atoms with Crippen molar-refractivity contribution in [3.8, 4) is 11.3 Å². The largest absolute Gasteiger partial charge is 0.379 e. The highest BCUT2D eigenvalue weighted by Gasteiger charge is 2.23. The predicted molar refractivity (Wildman–Crippen MR) is 132 cm³/mol. The normalized spacial score (nSPS) is 16.0. The number of rotatable bonds is 8. The van der Waals surface area contributed by atoms with Crippen molar-refractivity contribution in [3.05, 3.63) is 76.6 Å². The predicted octanol–water partition coefficient (Wildman–Crippen LogP) is 3.94. The SMILES string of the molecule is CCNC(=NCc1cccc(-c2ccccn2)c1)NCC(c1cccs1)N1CCOCC1. The highest BCUT2D eigenvalue weighted by atomic mass is 32.1. The van der Waals surface area contributed by atoms with E-state index in [-0.39, 0.29) is 0 Å². The smallest absolute Gasteiger partial charge is 0.191 e. The van der Waals surface area contributed by atoms with Crippen LogP contribution in [0.15, 0.2) is 71.2 Å². The third-order valence-corrected chi connectivity index (χ3v) is 6.45. The lowest BCUT2D eigenvalue weighted by Gasteiger charge is -2.34. The van der Waals surface area contributed by atoms with E-state index in [4.69, 9.17) is 9.73 Å². The van der Waals surface area contributed by atoms with E-state index in [2.05, 4.69) is 69.2 Å². The van der Waals surface area contributed by atoms with Gasteiger partial charge in [-0.25, -0.2) is 4.99 Å². The van der Waals surface area contributed by atoms with E-state index in [1.807, 2.05) is 35.7 Å². The van der Waals surface area contributed by atoms with Gasteiger partial charge in [0.25, 0.3) is 0 Å². The van der Waals surface area contributed by atoms with Gasteiger partial charge in [-0.2, -0.15) is 0 Å². The Morgan fingerprint density at radius 1 is 1.12 bits per heavy atom. The third kappa shape index (κ3) is 6.16. The average Bonchev–Trinajstić information content (AvgIpc) is 3.39. The second kappa shape index (κ2) is 11.8. The fourth-order valence-electron chi connectivity index (χ4n) is 3.85. The summed E-state index contributed by atoms with van der Waals surface area (Å²) in [5.41, 5.74) is 3.25. The third-order valence-electron chi connectivity index (χ3n) is 5.47. The minimum Gasteiger partial charge on any atom is -0.379 e. The Balaban J connectivity index is 1.43. The molecule has 1 atom stereocenters. The Hall–Kier alpha value is -2.74. The van der Waals surface area contributed by atoms with Crippen molar-refractivity contribution in [2.24, 2.45) is 4.99 Å². The highest BCUT2D eigenvalue weighted by molar-refractivity contribution is 7.10. The van der Waals surface area contributed by atoms with Crippen molar-refractivity contribution in [1.29, 1.82) is 0 Å². The average molecular weight is 450 g/mol. The Morgan fingerprint density at radius 2 is 2.03 bits per heavy atom. The molecule has 32 heavy (non-hydrogen) atoms. The minimum absolute atomic E-state index is 0.315. The van der Waals surface area contributed by atoms with Gasteiger partial charge in [0.15, 0.2) is 5.96 Å². The number of nitrogens with one attached hydrogen (secondary N) is 2. The Bertz CT molecular complexity index is 971. The summed E-state index contributed by atoms with van der Waals surface area (Å²) >= 11 is 1.81. The van der Waals surface area contributed by atoms with Crippen LogP contribution < -0.4 is 10.6 Å².